The SMILES string of the molecule is CC1=CNC(Cl)C(O)=C1. The Kier molecular flexibility index (Phi) is 1.67. The Morgan fingerprint density at radius 2 is 2.44 bits per heavy atom. The second-order valence-electron chi connectivity index (χ2n) is 1.99. The van der Waals surface area contributed by atoms with Crippen LogP contribution in [-0.4, -0.2) is 10.6 Å². The van der Waals surface area contributed by atoms with E-state index in [4.69, 9.17) is 16.7 Å². The lowest BCUT2D eigenvalue weighted by atomic mass is 10.2. The van der Waals surface area contributed by atoms with Crippen molar-refractivity contribution in [3.63, 3.8) is 0 Å². The molecule has 3 heteroatoms. The number of dihydropyridines is 1. The molecule has 0 fully saturated rings. The third kappa shape index (κ3) is 1.39. The minimum Gasteiger partial charge on any atom is -0.509 e. The van der Waals surface area contributed by atoms with Gasteiger partial charge in [-0.05, 0) is 18.6 Å². The lowest BCUT2D eigenvalue weighted by Gasteiger charge is -2.13. The van der Waals surface area contributed by atoms with Crippen LogP contribution >= 0.6 is 11.6 Å². The molecule has 1 aliphatic heterocycles. The summed E-state index contributed by atoms with van der Waals surface area (Å²) in [7, 11) is 0. The van der Waals surface area contributed by atoms with Crippen molar-refractivity contribution in [3.8, 4) is 0 Å². The summed E-state index contributed by atoms with van der Waals surface area (Å²) in [5, 5.41) is 11.7. The van der Waals surface area contributed by atoms with E-state index in [1.807, 2.05) is 6.92 Å². The minimum atomic E-state index is -0.450. The van der Waals surface area contributed by atoms with E-state index in [1.165, 1.54) is 0 Å². The van der Waals surface area contributed by atoms with E-state index in [2.05, 4.69) is 5.32 Å². The van der Waals surface area contributed by atoms with Gasteiger partial charge in [0.05, 0.1) is 0 Å². The van der Waals surface area contributed by atoms with Crippen molar-refractivity contribution in [2.75, 3.05) is 0 Å². The fourth-order valence-corrected chi connectivity index (χ4v) is 0.764. The predicted molar refractivity (Wildman–Crippen MR) is 37.2 cm³/mol. The van der Waals surface area contributed by atoms with E-state index in [0.29, 0.717) is 0 Å². The van der Waals surface area contributed by atoms with E-state index < -0.39 is 5.50 Å². The van der Waals surface area contributed by atoms with Crippen LogP contribution in [0.5, 0.6) is 0 Å². The van der Waals surface area contributed by atoms with Gasteiger partial charge >= 0.3 is 0 Å². The Morgan fingerprint density at radius 1 is 1.78 bits per heavy atom. The van der Waals surface area contributed by atoms with Gasteiger partial charge in [-0.25, -0.2) is 0 Å². The highest BCUT2D eigenvalue weighted by Crippen LogP contribution is 2.11. The van der Waals surface area contributed by atoms with Crippen LogP contribution in [0.2, 0.25) is 0 Å². The summed E-state index contributed by atoms with van der Waals surface area (Å²) in [5.41, 5.74) is 0.526. The topological polar surface area (TPSA) is 32.3 Å². The van der Waals surface area contributed by atoms with E-state index in [1.54, 1.807) is 12.3 Å². The van der Waals surface area contributed by atoms with Crippen molar-refractivity contribution in [1.82, 2.24) is 5.32 Å². The van der Waals surface area contributed by atoms with E-state index in [-0.39, 0.29) is 5.76 Å². The number of halogens is 1. The number of hydrogen-bond donors (Lipinski definition) is 2. The highest BCUT2D eigenvalue weighted by molar-refractivity contribution is 6.22. The number of aliphatic hydroxyl groups excluding tert-OH is 1. The molecule has 1 aliphatic rings. The van der Waals surface area contributed by atoms with E-state index in [0.717, 1.165) is 5.57 Å². The summed E-state index contributed by atoms with van der Waals surface area (Å²) in [6.07, 6.45) is 3.39. The number of aliphatic hydroxyl groups is 1. The highest BCUT2D eigenvalue weighted by Gasteiger charge is 2.10. The first-order valence-electron chi connectivity index (χ1n) is 2.67. The van der Waals surface area contributed by atoms with Gasteiger partial charge in [0.25, 0.3) is 0 Å². The molecule has 9 heavy (non-hydrogen) atoms. The van der Waals surface area contributed by atoms with Crippen LogP contribution in [0.1, 0.15) is 6.92 Å². The molecule has 0 radical (unpaired) electrons. The smallest absolute Gasteiger partial charge is 0.159 e. The molecule has 0 spiro atoms. The van der Waals surface area contributed by atoms with Gasteiger partial charge in [-0.1, -0.05) is 11.6 Å². The molecule has 2 N–H and O–H groups in total. The molecule has 0 saturated heterocycles. The van der Waals surface area contributed by atoms with Gasteiger partial charge in [0.15, 0.2) is 5.50 Å². The molecule has 0 aromatic rings. The number of rotatable bonds is 0. The summed E-state index contributed by atoms with van der Waals surface area (Å²) < 4.78 is 0. The second-order valence-corrected chi connectivity index (χ2v) is 2.42. The van der Waals surface area contributed by atoms with Crippen LogP contribution in [0.4, 0.5) is 0 Å². The van der Waals surface area contributed by atoms with Crippen molar-refractivity contribution in [3.05, 3.63) is 23.6 Å². The fraction of sp³-hybridized carbons (Fsp3) is 0.333. The van der Waals surface area contributed by atoms with Crippen LogP contribution in [-0.2, 0) is 0 Å². The molecular weight excluding hydrogens is 138 g/mol. The van der Waals surface area contributed by atoms with Crippen molar-refractivity contribution < 1.29 is 5.11 Å². The maximum Gasteiger partial charge on any atom is 0.159 e. The quantitative estimate of drug-likeness (QED) is 0.400. The number of hydrogen-bond acceptors (Lipinski definition) is 2. The van der Waals surface area contributed by atoms with Crippen LogP contribution in [0.15, 0.2) is 23.6 Å². The summed E-state index contributed by atoms with van der Waals surface area (Å²) in [6.45, 7) is 1.88. The van der Waals surface area contributed by atoms with Crippen LogP contribution in [0.3, 0.4) is 0 Å². The number of alkyl halides is 1. The Labute approximate surface area is 58.8 Å². The largest absolute Gasteiger partial charge is 0.509 e. The first-order valence-corrected chi connectivity index (χ1v) is 3.11. The van der Waals surface area contributed by atoms with Crippen molar-refractivity contribution in [1.29, 1.82) is 0 Å². The maximum atomic E-state index is 8.97. The van der Waals surface area contributed by atoms with E-state index >= 15 is 0 Å². The van der Waals surface area contributed by atoms with Gasteiger partial charge in [0.1, 0.15) is 5.76 Å². The Bertz CT molecular complexity index is 174. The summed E-state index contributed by atoms with van der Waals surface area (Å²) >= 11 is 5.56. The van der Waals surface area contributed by atoms with Gasteiger partial charge < -0.3 is 10.4 Å². The first kappa shape index (κ1) is 6.49. The van der Waals surface area contributed by atoms with Crippen LogP contribution in [0, 0.1) is 0 Å². The molecule has 0 aromatic heterocycles. The average Bonchev–Trinajstić information content (AvgIpc) is 1.80. The van der Waals surface area contributed by atoms with Gasteiger partial charge in [-0.15, -0.1) is 0 Å². The highest BCUT2D eigenvalue weighted by atomic mass is 35.5. The maximum absolute atomic E-state index is 8.97. The molecule has 50 valence electrons. The molecule has 0 bridgehead atoms. The standard InChI is InChI=1S/C6H8ClNO/c1-4-2-5(9)6(7)8-3-4/h2-3,6,8-9H,1H3. The predicted octanol–water partition coefficient (Wildman–Crippen LogP) is 1.50. The molecule has 0 saturated carbocycles. The summed E-state index contributed by atoms with van der Waals surface area (Å²) in [6, 6.07) is 0. The molecule has 0 aromatic carbocycles. The molecule has 0 amide bonds. The molecule has 1 heterocycles. The molecule has 1 rings (SSSR count). The van der Waals surface area contributed by atoms with Crippen molar-refractivity contribution >= 4 is 11.6 Å². The van der Waals surface area contributed by atoms with Crippen LogP contribution in [0.25, 0.3) is 0 Å². The lowest BCUT2D eigenvalue weighted by molar-refractivity contribution is 0.380. The third-order valence-electron chi connectivity index (χ3n) is 1.09. The Balaban J connectivity index is 2.74. The molecule has 0 aliphatic carbocycles. The Morgan fingerprint density at radius 3 is 2.89 bits per heavy atom. The first-order chi connectivity index (χ1) is 4.20. The zero-order chi connectivity index (χ0) is 6.85. The zero-order valence-corrected chi connectivity index (χ0v) is 5.81. The minimum absolute atomic E-state index is 0.177. The van der Waals surface area contributed by atoms with Gasteiger partial charge in [-0.3, -0.25) is 0 Å². The molecular formula is C6H8ClNO. The second kappa shape index (κ2) is 2.31. The van der Waals surface area contributed by atoms with E-state index in [9.17, 15) is 0 Å². The summed E-state index contributed by atoms with van der Waals surface area (Å²) in [4.78, 5) is 0. The van der Waals surface area contributed by atoms with Crippen molar-refractivity contribution in [2.45, 2.75) is 12.4 Å². The molecule has 1 unspecified atom stereocenters. The average molecular weight is 146 g/mol. The third-order valence-corrected chi connectivity index (χ3v) is 1.44. The monoisotopic (exact) mass is 145 g/mol. The number of nitrogens with one attached hydrogen (secondary N) is 1. The zero-order valence-electron chi connectivity index (χ0n) is 5.06. The number of allylic oxidation sites excluding steroid dienone is 2. The van der Waals surface area contributed by atoms with Gasteiger partial charge in [0.2, 0.25) is 0 Å². The Hall–Kier alpha value is -0.630. The van der Waals surface area contributed by atoms with Crippen LogP contribution < -0.4 is 5.32 Å². The molecule has 1 atom stereocenters. The lowest BCUT2D eigenvalue weighted by Crippen LogP contribution is -2.23. The summed E-state index contributed by atoms with van der Waals surface area (Å²) in [5.74, 6) is 0.177. The van der Waals surface area contributed by atoms with Gasteiger partial charge in [0, 0.05) is 6.20 Å². The molecule has 2 nitrogen and oxygen atoms in total. The normalized spacial score (nSPS) is 26.2. The van der Waals surface area contributed by atoms with Gasteiger partial charge in [-0.2, -0.15) is 0 Å². The van der Waals surface area contributed by atoms with Crippen molar-refractivity contribution in [2.24, 2.45) is 0 Å². The fourth-order valence-electron chi connectivity index (χ4n) is 0.638.